The number of nitrogens with one attached hydrogen (secondary N) is 1. The first-order valence-electron chi connectivity index (χ1n) is 8.69. The zero-order chi connectivity index (χ0) is 13.6. The van der Waals surface area contributed by atoms with Crippen molar-refractivity contribution >= 4 is 0 Å². The summed E-state index contributed by atoms with van der Waals surface area (Å²) in [6.07, 6.45) is 9.55. The Bertz CT molecular complexity index is 353. The Morgan fingerprint density at radius 1 is 1.15 bits per heavy atom. The van der Waals surface area contributed by atoms with E-state index in [1.807, 2.05) is 0 Å². The molecule has 6 atom stereocenters. The normalized spacial score (nSPS) is 49.0. The molecule has 0 aromatic heterocycles. The molecule has 2 bridgehead atoms. The lowest BCUT2D eigenvalue weighted by molar-refractivity contribution is -0.106. The first kappa shape index (κ1) is 13.5. The number of rotatable bonds is 3. The van der Waals surface area contributed by atoms with Crippen LogP contribution in [0, 0.1) is 23.7 Å². The van der Waals surface area contributed by atoms with E-state index in [1.54, 1.807) is 0 Å². The van der Waals surface area contributed by atoms with E-state index in [1.165, 1.54) is 38.5 Å². The Kier molecular flexibility index (Phi) is 3.56. The van der Waals surface area contributed by atoms with Crippen LogP contribution in [0.1, 0.15) is 44.9 Å². The fourth-order valence-electron chi connectivity index (χ4n) is 5.77. The van der Waals surface area contributed by atoms with Crippen LogP contribution in [0.2, 0.25) is 0 Å². The molecule has 1 spiro atoms. The predicted octanol–water partition coefficient (Wildman–Crippen LogP) is 2.60. The third-order valence-electron chi connectivity index (χ3n) is 6.69. The van der Waals surface area contributed by atoms with Crippen LogP contribution >= 0.6 is 0 Å². The van der Waals surface area contributed by atoms with Crippen molar-refractivity contribution in [3.63, 3.8) is 0 Å². The SMILES string of the molecule is CNC(C1CCOC2(CCOC2)C1)C1CC2CCC1C2. The van der Waals surface area contributed by atoms with Gasteiger partial charge in [-0.3, -0.25) is 0 Å². The second kappa shape index (κ2) is 5.26. The Balaban J connectivity index is 1.47. The molecule has 2 aliphatic heterocycles. The smallest absolute Gasteiger partial charge is 0.0939 e. The van der Waals surface area contributed by atoms with Crippen molar-refractivity contribution in [1.82, 2.24) is 5.32 Å². The van der Waals surface area contributed by atoms with Gasteiger partial charge in [0.2, 0.25) is 0 Å². The molecule has 2 saturated heterocycles. The zero-order valence-electron chi connectivity index (χ0n) is 12.8. The zero-order valence-corrected chi connectivity index (χ0v) is 12.8. The average Bonchev–Trinajstić information content (AvgIpc) is 3.17. The standard InChI is InChI=1S/C17H29NO2/c1-18-16(15-9-12-2-3-13(15)8-12)14-4-6-20-17(10-14)5-7-19-11-17/h12-16,18H,2-11H2,1H3. The lowest BCUT2D eigenvalue weighted by atomic mass is 9.72. The van der Waals surface area contributed by atoms with Crippen LogP contribution in [0.15, 0.2) is 0 Å². The summed E-state index contributed by atoms with van der Waals surface area (Å²) in [5, 5.41) is 3.71. The molecule has 4 rings (SSSR count). The summed E-state index contributed by atoms with van der Waals surface area (Å²) in [5.74, 6) is 3.78. The Labute approximate surface area is 122 Å². The third kappa shape index (κ3) is 2.22. The Morgan fingerprint density at radius 3 is 2.75 bits per heavy atom. The van der Waals surface area contributed by atoms with Crippen molar-refractivity contribution in [3.05, 3.63) is 0 Å². The molecule has 1 N–H and O–H groups in total. The van der Waals surface area contributed by atoms with Gasteiger partial charge >= 0.3 is 0 Å². The third-order valence-corrected chi connectivity index (χ3v) is 6.69. The van der Waals surface area contributed by atoms with Crippen molar-refractivity contribution in [1.29, 1.82) is 0 Å². The molecular weight excluding hydrogens is 250 g/mol. The van der Waals surface area contributed by atoms with Gasteiger partial charge in [-0.05, 0) is 62.8 Å². The highest BCUT2D eigenvalue weighted by atomic mass is 16.6. The number of hydrogen-bond donors (Lipinski definition) is 1. The van der Waals surface area contributed by atoms with E-state index in [-0.39, 0.29) is 5.60 Å². The van der Waals surface area contributed by atoms with Crippen LogP contribution in [0.4, 0.5) is 0 Å². The van der Waals surface area contributed by atoms with Gasteiger partial charge in [0.15, 0.2) is 0 Å². The van der Waals surface area contributed by atoms with Crippen LogP contribution in [0.5, 0.6) is 0 Å². The molecule has 4 fully saturated rings. The highest BCUT2D eigenvalue weighted by molar-refractivity contribution is 5.00. The van der Waals surface area contributed by atoms with E-state index in [4.69, 9.17) is 9.47 Å². The van der Waals surface area contributed by atoms with E-state index in [9.17, 15) is 0 Å². The molecular formula is C17H29NO2. The summed E-state index contributed by atoms with van der Waals surface area (Å²) in [5.41, 5.74) is 0.0651. The van der Waals surface area contributed by atoms with Crippen molar-refractivity contribution in [2.45, 2.75) is 56.6 Å². The van der Waals surface area contributed by atoms with Gasteiger partial charge in [0.1, 0.15) is 0 Å². The van der Waals surface area contributed by atoms with E-state index < -0.39 is 0 Å². The summed E-state index contributed by atoms with van der Waals surface area (Å²) in [4.78, 5) is 0. The fourth-order valence-corrected chi connectivity index (χ4v) is 5.77. The van der Waals surface area contributed by atoms with Gasteiger partial charge in [-0.1, -0.05) is 6.42 Å². The second-order valence-corrected chi connectivity index (χ2v) is 7.74. The first-order chi connectivity index (χ1) is 9.80. The summed E-state index contributed by atoms with van der Waals surface area (Å²) in [6.45, 7) is 2.66. The summed E-state index contributed by atoms with van der Waals surface area (Å²) in [7, 11) is 2.18. The highest BCUT2D eigenvalue weighted by Gasteiger charge is 2.48. The number of ether oxygens (including phenoxy) is 2. The molecule has 2 saturated carbocycles. The number of fused-ring (bicyclic) bond motifs is 2. The van der Waals surface area contributed by atoms with Gasteiger partial charge in [0.25, 0.3) is 0 Å². The predicted molar refractivity (Wildman–Crippen MR) is 78.6 cm³/mol. The van der Waals surface area contributed by atoms with Crippen molar-refractivity contribution in [2.24, 2.45) is 23.7 Å². The minimum atomic E-state index is 0.0651. The lowest BCUT2D eigenvalue weighted by Crippen LogP contribution is -2.50. The molecule has 4 aliphatic rings. The molecule has 0 amide bonds. The topological polar surface area (TPSA) is 30.5 Å². The van der Waals surface area contributed by atoms with Crippen LogP contribution in [-0.4, -0.2) is 38.5 Å². The van der Waals surface area contributed by atoms with Gasteiger partial charge in [-0.15, -0.1) is 0 Å². The van der Waals surface area contributed by atoms with Gasteiger partial charge in [0, 0.05) is 25.7 Å². The average molecular weight is 279 g/mol. The van der Waals surface area contributed by atoms with Gasteiger partial charge in [-0.2, -0.15) is 0 Å². The summed E-state index contributed by atoms with van der Waals surface area (Å²) in [6, 6.07) is 0.715. The maximum Gasteiger partial charge on any atom is 0.0939 e. The molecule has 0 aromatic rings. The fraction of sp³-hybridized carbons (Fsp3) is 1.00. The molecule has 114 valence electrons. The van der Waals surface area contributed by atoms with Crippen LogP contribution in [0.25, 0.3) is 0 Å². The summed E-state index contributed by atoms with van der Waals surface area (Å²) >= 11 is 0. The van der Waals surface area contributed by atoms with Crippen molar-refractivity contribution in [3.8, 4) is 0 Å². The molecule has 0 radical (unpaired) electrons. The minimum absolute atomic E-state index is 0.0651. The van der Waals surface area contributed by atoms with E-state index in [0.717, 1.165) is 49.9 Å². The summed E-state index contributed by atoms with van der Waals surface area (Å²) < 4.78 is 11.8. The molecule has 3 nitrogen and oxygen atoms in total. The van der Waals surface area contributed by atoms with Crippen LogP contribution in [0.3, 0.4) is 0 Å². The Morgan fingerprint density at radius 2 is 2.10 bits per heavy atom. The van der Waals surface area contributed by atoms with Crippen LogP contribution in [-0.2, 0) is 9.47 Å². The largest absolute Gasteiger partial charge is 0.378 e. The second-order valence-electron chi connectivity index (χ2n) is 7.74. The monoisotopic (exact) mass is 279 g/mol. The molecule has 2 aliphatic carbocycles. The van der Waals surface area contributed by atoms with Gasteiger partial charge < -0.3 is 14.8 Å². The van der Waals surface area contributed by atoms with Crippen molar-refractivity contribution < 1.29 is 9.47 Å². The molecule has 3 heteroatoms. The molecule has 2 heterocycles. The van der Waals surface area contributed by atoms with E-state index in [2.05, 4.69) is 12.4 Å². The first-order valence-corrected chi connectivity index (χ1v) is 8.69. The van der Waals surface area contributed by atoms with Crippen molar-refractivity contribution in [2.75, 3.05) is 26.9 Å². The quantitative estimate of drug-likeness (QED) is 0.861. The maximum atomic E-state index is 6.12. The minimum Gasteiger partial charge on any atom is -0.378 e. The van der Waals surface area contributed by atoms with Crippen LogP contribution < -0.4 is 5.32 Å². The molecule has 6 unspecified atom stereocenters. The Hall–Kier alpha value is -0.120. The van der Waals surface area contributed by atoms with E-state index in [0.29, 0.717) is 6.04 Å². The van der Waals surface area contributed by atoms with E-state index >= 15 is 0 Å². The molecule has 0 aromatic carbocycles. The number of hydrogen-bond acceptors (Lipinski definition) is 3. The lowest BCUT2D eigenvalue weighted by Gasteiger charge is -2.43. The van der Waals surface area contributed by atoms with Gasteiger partial charge in [-0.25, -0.2) is 0 Å². The highest BCUT2D eigenvalue weighted by Crippen LogP contribution is 2.52. The van der Waals surface area contributed by atoms with Gasteiger partial charge in [0.05, 0.1) is 12.2 Å². The molecule has 20 heavy (non-hydrogen) atoms. The maximum absolute atomic E-state index is 6.12.